The van der Waals surface area contributed by atoms with Gasteiger partial charge in [-0.25, -0.2) is 9.97 Å². The van der Waals surface area contributed by atoms with Crippen molar-refractivity contribution in [2.75, 3.05) is 6.61 Å². The van der Waals surface area contributed by atoms with E-state index in [1.807, 2.05) is 0 Å². The van der Waals surface area contributed by atoms with Gasteiger partial charge in [0.2, 0.25) is 0 Å². The maximum atomic E-state index is 12.2. The summed E-state index contributed by atoms with van der Waals surface area (Å²) < 4.78 is 41.3. The fraction of sp³-hybridized carbons (Fsp3) is 0.312. The van der Waals surface area contributed by atoms with Gasteiger partial charge in [0.05, 0.1) is 6.04 Å². The van der Waals surface area contributed by atoms with Crippen LogP contribution in [-0.2, 0) is 0 Å². The first-order chi connectivity index (χ1) is 11.2. The van der Waals surface area contributed by atoms with Crippen molar-refractivity contribution in [3.05, 3.63) is 53.6 Å². The Labute approximate surface area is 136 Å². The van der Waals surface area contributed by atoms with E-state index >= 15 is 0 Å². The summed E-state index contributed by atoms with van der Waals surface area (Å²) in [5, 5.41) is 2.73. The van der Waals surface area contributed by atoms with Crippen molar-refractivity contribution in [2.45, 2.75) is 26.1 Å². The zero-order chi connectivity index (χ0) is 17.7. The number of carbonyl (C=O) groups is 1. The first-order valence-electron chi connectivity index (χ1n) is 7.13. The van der Waals surface area contributed by atoms with Crippen LogP contribution in [-0.4, -0.2) is 28.7 Å². The molecule has 1 N–H and O–H groups in total. The van der Waals surface area contributed by atoms with Gasteiger partial charge >= 0.3 is 6.18 Å². The van der Waals surface area contributed by atoms with E-state index in [1.54, 1.807) is 32.0 Å². The molecule has 128 valence electrons. The van der Waals surface area contributed by atoms with Crippen LogP contribution >= 0.6 is 0 Å². The molecule has 1 heterocycles. The number of rotatable bonds is 5. The molecule has 0 aliphatic rings. The molecule has 0 aliphatic carbocycles. The molecular formula is C16H16F3N3O2. The maximum absolute atomic E-state index is 12.2. The summed E-state index contributed by atoms with van der Waals surface area (Å²) in [5.74, 6) is -0.307. The number of aromatic nitrogens is 2. The lowest BCUT2D eigenvalue weighted by Gasteiger charge is -2.16. The van der Waals surface area contributed by atoms with Crippen LogP contribution in [0, 0.1) is 6.92 Å². The van der Waals surface area contributed by atoms with Gasteiger partial charge in [-0.15, -0.1) is 0 Å². The molecule has 0 radical (unpaired) electrons. The average molecular weight is 339 g/mol. The molecule has 0 bridgehead atoms. The van der Waals surface area contributed by atoms with Gasteiger partial charge in [-0.1, -0.05) is 12.1 Å². The quantitative estimate of drug-likeness (QED) is 0.908. The SMILES string of the molecule is Cc1cc(C(=O)NC(C)c2cccc(OCC(F)(F)F)c2)ncn1. The van der Waals surface area contributed by atoms with Crippen LogP contribution in [0.1, 0.15) is 34.7 Å². The highest BCUT2D eigenvalue weighted by atomic mass is 19.4. The summed E-state index contributed by atoms with van der Waals surface area (Å²) in [6.07, 6.45) is -3.11. The second kappa shape index (κ2) is 7.29. The second-order valence-corrected chi connectivity index (χ2v) is 5.22. The molecule has 0 spiro atoms. The topological polar surface area (TPSA) is 64.1 Å². The molecule has 1 amide bonds. The van der Waals surface area contributed by atoms with Crippen molar-refractivity contribution >= 4 is 5.91 Å². The fourth-order valence-corrected chi connectivity index (χ4v) is 1.97. The molecule has 0 fully saturated rings. The number of hydrogen-bond acceptors (Lipinski definition) is 4. The summed E-state index contributed by atoms with van der Waals surface area (Å²) in [6, 6.07) is 7.27. The van der Waals surface area contributed by atoms with Crippen LogP contribution in [0.15, 0.2) is 36.7 Å². The Morgan fingerprint density at radius 3 is 2.71 bits per heavy atom. The minimum absolute atomic E-state index is 0.0869. The third-order valence-corrected chi connectivity index (χ3v) is 3.14. The van der Waals surface area contributed by atoms with Crippen molar-refractivity contribution in [3.8, 4) is 5.75 Å². The highest BCUT2D eigenvalue weighted by Crippen LogP contribution is 2.22. The molecule has 2 aromatic rings. The number of nitrogens with one attached hydrogen (secondary N) is 1. The molecule has 1 atom stereocenters. The first kappa shape index (κ1) is 17.7. The minimum Gasteiger partial charge on any atom is -0.484 e. The summed E-state index contributed by atoms with van der Waals surface area (Å²) >= 11 is 0. The Balaban J connectivity index is 2.04. The third-order valence-electron chi connectivity index (χ3n) is 3.14. The van der Waals surface area contributed by atoms with Gasteiger partial charge in [-0.3, -0.25) is 4.79 Å². The molecule has 0 aliphatic heterocycles. The Bertz CT molecular complexity index is 720. The van der Waals surface area contributed by atoms with E-state index in [9.17, 15) is 18.0 Å². The summed E-state index contributed by atoms with van der Waals surface area (Å²) in [6.45, 7) is 2.09. The number of benzene rings is 1. The van der Waals surface area contributed by atoms with Crippen molar-refractivity contribution < 1.29 is 22.7 Å². The number of amides is 1. The van der Waals surface area contributed by atoms with Crippen LogP contribution in [0.3, 0.4) is 0 Å². The molecule has 2 rings (SSSR count). The molecule has 8 heteroatoms. The molecule has 1 aromatic carbocycles. The maximum Gasteiger partial charge on any atom is 0.422 e. The van der Waals surface area contributed by atoms with Gasteiger partial charge in [-0.2, -0.15) is 13.2 Å². The smallest absolute Gasteiger partial charge is 0.422 e. The van der Waals surface area contributed by atoms with Gasteiger partial charge in [0.25, 0.3) is 5.91 Å². The van der Waals surface area contributed by atoms with Crippen molar-refractivity contribution in [1.82, 2.24) is 15.3 Å². The molecule has 1 unspecified atom stereocenters. The highest BCUT2D eigenvalue weighted by Gasteiger charge is 2.28. The molecule has 5 nitrogen and oxygen atoms in total. The lowest BCUT2D eigenvalue weighted by atomic mass is 10.1. The molecule has 1 aromatic heterocycles. The van der Waals surface area contributed by atoms with Crippen LogP contribution in [0.2, 0.25) is 0 Å². The Hall–Kier alpha value is -2.64. The fourth-order valence-electron chi connectivity index (χ4n) is 1.97. The zero-order valence-corrected chi connectivity index (χ0v) is 13.1. The van der Waals surface area contributed by atoms with Crippen LogP contribution in [0.5, 0.6) is 5.75 Å². The predicted molar refractivity (Wildman–Crippen MR) is 80.6 cm³/mol. The van der Waals surface area contributed by atoms with Crippen molar-refractivity contribution in [1.29, 1.82) is 0 Å². The van der Waals surface area contributed by atoms with E-state index < -0.39 is 24.7 Å². The van der Waals surface area contributed by atoms with Gasteiger partial charge in [0, 0.05) is 5.69 Å². The normalized spacial score (nSPS) is 12.5. The van der Waals surface area contributed by atoms with Gasteiger partial charge < -0.3 is 10.1 Å². The van der Waals surface area contributed by atoms with Crippen molar-refractivity contribution in [3.63, 3.8) is 0 Å². The largest absolute Gasteiger partial charge is 0.484 e. The molecular weight excluding hydrogens is 323 g/mol. The van der Waals surface area contributed by atoms with Gasteiger partial charge in [0.15, 0.2) is 6.61 Å². The number of alkyl halides is 3. The number of nitrogens with zero attached hydrogens (tertiary/aromatic N) is 2. The Morgan fingerprint density at radius 2 is 2.04 bits per heavy atom. The predicted octanol–water partition coefficient (Wildman–Crippen LogP) is 3.22. The number of carbonyl (C=O) groups excluding carboxylic acids is 1. The lowest BCUT2D eigenvalue weighted by Crippen LogP contribution is -2.27. The van der Waals surface area contributed by atoms with E-state index in [0.717, 1.165) is 0 Å². The van der Waals surface area contributed by atoms with E-state index in [0.29, 0.717) is 11.3 Å². The molecule has 24 heavy (non-hydrogen) atoms. The van der Waals surface area contributed by atoms with E-state index in [4.69, 9.17) is 4.74 Å². The van der Waals surface area contributed by atoms with Crippen LogP contribution in [0.25, 0.3) is 0 Å². The standard InChI is InChI=1S/C16H16F3N3O2/c1-10-6-14(21-9-20-10)15(23)22-11(2)12-4-3-5-13(7-12)24-8-16(17,18)19/h3-7,9,11H,8H2,1-2H3,(H,22,23). The monoisotopic (exact) mass is 339 g/mol. The number of hydrogen-bond donors (Lipinski definition) is 1. The van der Waals surface area contributed by atoms with Gasteiger partial charge in [-0.05, 0) is 37.6 Å². The lowest BCUT2D eigenvalue weighted by molar-refractivity contribution is -0.153. The summed E-state index contributed by atoms with van der Waals surface area (Å²) in [7, 11) is 0. The number of aryl methyl sites for hydroxylation is 1. The van der Waals surface area contributed by atoms with E-state index in [-0.39, 0.29) is 11.4 Å². The van der Waals surface area contributed by atoms with Crippen LogP contribution < -0.4 is 10.1 Å². The molecule has 0 saturated heterocycles. The third kappa shape index (κ3) is 5.22. The minimum atomic E-state index is -4.40. The zero-order valence-electron chi connectivity index (χ0n) is 13.1. The molecule has 0 saturated carbocycles. The average Bonchev–Trinajstić information content (AvgIpc) is 2.52. The first-order valence-corrected chi connectivity index (χ1v) is 7.13. The second-order valence-electron chi connectivity index (χ2n) is 5.22. The van der Waals surface area contributed by atoms with Gasteiger partial charge in [0.1, 0.15) is 17.8 Å². The van der Waals surface area contributed by atoms with E-state index in [2.05, 4.69) is 15.3 Å². The van der Waals surface area contributed by atoms with E-state index in [1.165, 1.54) is 18.5 Å². The van der Waals surface area contributed by atoms with Crippen LogP contribution in [0.4, 0.5) is 13.2 Å². The van der Waals surface area contributed by atoms with Crippen molar-refractivity contribution in [2.24, 2.45) is 0 Å². The number of ether oxygens (including phenoxy) is 1. The Kier molecular flexibility index (Phi) is 5.38. The number of halogens is 3. The summed E-state index contributed by atoms with van der Waals surface area (Å²) in [4.78, 5) is 19.9. The summed E-state index contributed by atoms with van der Waals surface area (Å²) in [5.41, 5.74) is 1.50. The highest BCUT2D eigenvalue weighted by molar-refractivity contribution is 5.92. The Morgan fingerprint density at radius 1 is 1.29 bits per heavy atom.